The summed E-state index contributed by atoms with van der Waals surface area (Å²) in [6.45, 7) is 0. The molecule has 1 unspecified atom stereocenters. The number of urea groups is 1. The van der Waals surface area contributed by atoms with Gasteiger partial charge in [-0.05, 0) is 35.7 Å². The maximum atomic E-state index is 12.9. The number of ketones is 1. The minimum absolute atomic E-state index is 0.0985. The van der Waals surface area contributed by atoms with Gasteiger partial charge in [-0.1, -0.05) is 11.1 Å². The molecule has 3 heterocycles. The first-order valence-corrected chi connectivity index (χ1v) is 11.2. The molecule has 8 nitrogen and oxygen atoms in total. The summed E-state index contributed by atoms with van der Waals surface area (Å²) in [5.41, 5.74) is 0.542. The lowest BCUT2D eigenvalue weighted by Crippen LogP contribution is -2.54. The molecule has 1 aromatic carbocycles. The lowest BCUT2D eigenvalue weighted by Gasteiger charge is -2.26. The van der Waals surface area contributed by atoms with Crippen LogP contribution in [0.1, 0.15) is 15.2 Å². The van der Waals surface area contributed by atoms with Crippen molar-refractivity contribution in [1.82, 2.24) is 4.90 Å². The van der Waals surface area contributed by atoms with Crippen LogP contribution in [0.25, 0.3) is 0 Å². The standard InChI is InChI=1S/C21H19N4O4S2/c1-24-18-16(20(27)25(2)21(24)28)19(23-17(22-18)15-5-4-10-30-15)31-11-14(26)12-6-8-13(29-3)9-7-12/h4-10,16H,11H2,1-3H3/q+1. The van der Waals surface area contributed by atoms with Gasteiger partial charge in [0, 0.05) is 5.56 Å². The lowest BCUT2D eigenvalue weighted by molar-refractivity contribution is -0.407. The zero-order valence-corrected chi connectivity index (χ0v) is 18.7. The summed E-state index contributed by atoms with van der Waals surface area (Å²) in [7, 11) is 4.58. The van der Waals surface area contributed by atoms with Crippen LogP contribution in [-0.2, 0) is 4.79 Å². The number of Topliss-reactive ketones (excluding diaryl/α,β-unsaturated/α-hetero) is 1. The number of nitrogens with zero attached hydrogens (tertiary/aromatic N) is 4. The van der Waals surface area contributed by atoms with E-state index in [-0.39, 0.29) is 11.5 Å². The summed E-state index contributed by atoms with van der Waals surface area (Å²) in [4.78, 5) is 49.0. The summed E-state index contributed by atoms with van der Waals surface area (Å²) < 4.78 is 6.49. The van der Waals surface area contributed by atoms with Crippen molar-refractivity contribution in [2.24, 2.45) is 15.9 Å². The molecule has 0 aliphatic carbocycles. The number of amidine groups is 2. The number of ether oxygens (including phenoxy) is 1. The number of thiophene rings is 1. The topological polar surface area (TPSA) is 91.4 Å². The number of hydrogen-bond donors (Lipinski definition) is 0. The molecular formula is C21H19N4O4S2+. The summed E-state index contributed by atoms with van der Waals surface area (Å²) in [5.74, 6) is 0.198. The second-order valence-corrected chi connectivity index (χ2v) is 8.78. The summed E-state index contributed by atoms with van der Waals surface area (Å²) in [6, 6.07) is 10.2. The molecule has 2 aliphatic heterocycles. The van der Waals surface area contributed by atoms with Gasteiger partial charge >= 0.3 is 11.9 Å². The average Bonchev–Trinajstić information content (AvgIpc) is 3.34. The van der Waals surface area contributed by atoms with Crippen LogP contribution in [0.4, 0.5) is 4.79 Å². The largest absolute Gasteiger partial charge is 0.497 e. The number of hydrogen-bond acceptors (Lipinski definition) is 8. The Morgan fingerprint density at radius 1 is 1.23 bits per heavy atom. The number of methoxy groups -OCH3 is 1. The van der Waals surface area contributed by atoms with Gasteiger partial charge in [0.25, 0.3) is 5.84 Å². The molecule has 0 bridgehead atoms. The van der Waals surface area contributed by atoms with Gasteiger partial charge in [-0.2, -0.15) is 9.48 Å². The maximum absolute atomic E-state index is 12.9. The van der Waals surface area contributed by atoms with Crippen molar-refractivity contribution in [2.75, 3.05) is 27.0 Å². The van der Waals surface area contributed by atoms with Crippen LogP contribution < -0.4 is 4.74 Å². The quantitative estimate of drug-likeness (QED) is 0.511. The molecule has 0 fully saturated rings. The SMILES string of the molecule is COc1ccc(C(=O)CSC2=NC(c3cccs3)=NC3=[N+](C)C(=O)N(C)C(=O)C23)cc1. The Morgan fingerprint density at radius 3 is 2.61 bits per heavy atom. The van der Waals surface area contributed by atoms with Gasteiger partial charge in [0.15, 0.2) is 11.7 Å². The highest BCUT2D eigenvalue weighted by Gasteiger charge is 2.49. The predicted octanol–water partition coefficient (Wildman–Crippen LogP) is 2.78. The van der Waals surface area contributed by atoms with E-state index in [9.17, 15) is 14.4 Å². The van der Waals surface area contributed by atoms with Crippen molar-refractivity contribution in [3.8, 4) is 5.75 Å². The fourth-order valence-electron chi connectivity index (χ4n) is 3.20. The summed E-state index contributed by atoms with van der Waals surface area (Å²) in [5, 5.41) is 2.35. The number of imide groups is 1. The van der Waals surface area contributed by atoms with Crippen LogP contribution in [0.3, 0.4) is 0 Å². The van der Waals surface area contributed by atoms with Crippen molar-refractivity contribution in [2.45, 2.75) is 0 Å². The third-order valence-corrected chi connectivity index (χ3v) is 6.84. The smallest absolute Gasteiger partial charge is 0.445 e. The average molecular weight is 456 g/mol. The molecule has 2 aromatic rings. The molecule has 3 amide bonds. The van der Waals surface area contributed by atoms with Crippen LogP contribution >= 0.6 is 23.1 Å². The minimum Gasteiger partial charge on any atom is -0.497 e. The van der Waals surface area contributed by atoms with E-state index in [1.807, 2.05) is 17.5 Å². The van der Waals surface area contributed by atoms with E-state index < -0.39 is 17.9 Å². The van der Waals surface area contributed by atoms with Gasteiger partial charge in [-0.3, -0.25) is 9.59 Å². The second kappa shape index (κ2) is 8.56. The zero-order valence-electron chi connectivity index (χ0n) is 17.1. The number of amides is 3. The van der Waals surface area contributed by atoms with E-state index in [1.54, 1.807) is 38.4 Å². The molecule has 2 aliphatic rings. The van der Waals surface area contributed by atoms with Crippen molar-refractivity contribution >= 4 is 57.5 Å². The van der Waals surface area contributed by atoms with Crippen LogP contribution in [0.5, 0.6) is 5.75 Å². The number of aliphatic imine (C=N–C) groups is 2. The van der Waals surface area contributed by atoms with Crippen molar-refractivity contribution < 1.29 is 23.7 Å². The first kappa shape index (κ1) is 21.1. The Morgan fingerprint density at radius 2 is 1.97 bits per heavy atom. The summed E-state index contributed by atoms with van der Waals surface area (Å²) >= 11 is 2.65. The van der Waals surface area contributed by atoms with E-state index >= 15 is 0 Å². The highest BCUT2D eigenvalue weighted by Crippen LogP contribution is 2.28. The van der Waals surface area contributed by atoms with Crippen LogP contribution in [0, 0.1) is 5.92 Å². The Hall–Kier alpha value is -3.11. The van der Waals surface area contributed by atoms with Gasteiger partial charge in [0.05, 0.1) is 31.8 Å². The zero-order chi connectivity index (χ0) is 22.1. The molecule has 0 spiro atoms. The first-order chi connectivity index (χ1) is 14.9. The lowest BCUT2D eigenvalue weighted by atomic mass is 10.0. The van der Waals surface area contributed by atoms with Gasteiger partial charge < -0.3 is 4.74 Å². The molecule has 158 valence electrons. The summed E-state index contributed by atoms with van der Waals surface area (Å²) in [6.07, 6.45) is 0. The molecule has 0 radical (unpaired) electrons. The number of carbonyl (C=O) groups excluding carboxylic acids is 3. The molecule has 1 aromatic heterocycles. The molecule has 4 rings (SSSR count). The van der Waals surface area contributed by atoms with Crippen LogP contribution in [0.15, 0.2) is 51.8 Å². The molecule has 0 N–H and O–H groups in total. The number of benzene rings is 1. The monoisotopic (exact) mass is 455 g/mol. The molecule has 0 saturated carbocycles. The minimum atomic E-state index is -0.815. The third-order valence-electron chi connectivity index (χ3n) is 4.94. The second-order valence-electron chi connectivity index (χ2n) is 6.83. The van der Waals surface area contributed by atoms with Crippen molar-refractivity contribution in [1.29, 1.82) is 0 Å². The van der Waals surface area contributed by atoms with Gasteiger partial charge in [0.1, 0.15) is 10.8 Å². The molecule has 10 heteroatoms. The van der Waals surface area contributed by atoms with Crippen LogP contribution in [-0.4, -0.2) is 70.9 Å². The number of carbonyl (C=O) groups is 3. The fraction of sp³-hybridized carbons (Fsp3) is 0.238. The number of fused-ring (bicyclic) bond motifs is 1. The van der Waals surface area contributed by atoms with Crippen molar-refractivity contribution in [3.05, 3.63) is 52.2 Å². The predicted molar refractivity (Wildman–Crippen MR) is 121 cm³/mol. The highest BCUT2D eigenvalue weighted by atomic mass is 32.2. The van der Waals surface area contributed by atoms with E-state index in [0.717, 1.165) is 9.78 Å². The highest BCUT2D eigenvalue weighted by molar-refractivity contribution is 8.14. The van der Waals surface area contributed by atoms with Crippen molar-refractivity contribution in [3.63, 3.8) is 0 Å². The first-order valence-electron chi connectivity index (χ1n) is 9.34. The molecular weight excluding hydrogens is 436 g/mol. The molecule has 1 atom stereocenters. The van der Waals surface area contributed by atoms with Gasteiger partial charge in [-0.25, -0.2) is 9.79 Å². The maximum Gasteiger partial charge on any atom is 0.445 e. The van der Waals surface area contributed by atoms with Crippen LogP contribution in [0.2, 0.25) is 0 Å². The fourth-order valence-corrected chi connectivity index (χ4v) is 4.83. The van der Waals surface area contributed by atoms with E-state index in [0.29, 0.717) is 28.0 Å². The third kappa shape index (κ3) is 3.96. The van der Waals surface area contributed by atoms with Gasteiger partial charge in [0.2, 0.25) is 5.84 Å². The van der Waals surface area contributed by atoms with E-state index in [1.165, 1.54) is 34.7 Å². The Labute approximate surface area is 187 Å². The van der Waals surface area contributed by atoms with E-state index in [4.69, 9.17) is 4.74 Å². The Bertz CT molecular complexity index is 1150. The normalized spacial score (nSPS) is 18.5. The Balaban J connectivity index is 1.65. The molecule has 0 saturated heterocycles. The van der Waals surface area contributed by atoms with Gasteiger partial charge in [-0.15, -0.1) is 23.1 Å². The number of rotatable bonds is 5. The van der Waals surface area contributed by atoms with E-state index in [2.05, 4.69) is 9.98 Å². The Kier molecular flexibility index (Phi) is 5.84. The molecule has 31 heavy (non-hydrogen) atoms. The number of thioether (sulfide) groups is 1.